The maximum Gasteiger partial charge on any atom is 0.223 e. The molecule has 1 aromatic rings. The van der Waals surface area contributed by atoms with Crippen LogP contribution in [0.2, 0.25) is 0 Å². The van der Waals surface area contributed by atoms with Crippen LogP contribution in [0, 0.1) is 11.3 Å². The van der Waals surface area contributed by atoms with Gasteiger partial charge in [0.15, 0.2) is 0 Å². The van der Waals surface area contributed by atoms with Crippen molar-refractivity contribution in [3.63, 3.8) is 0 Å². The third-order valence-electron chi connectivity index (χ3n) is 3.52. The Kier molecular flexibility index (Phi) is 3.99. The van der Waals surface area contributed by atoms with Gasteiger partial charge in [-0.1, -0.05) is 13.8 Å². The number of rotatable bonds is 6. The molecule has 4 heteroatoms. The zero-order valence-electron chi connectivity index (χ0n) is 12.3. The van der Waals surface area contributed by atoms with E-state index in [4.69, 9.17) is 4.42 Å². The van der Waals surface area contributed by atoms with Gasteiger partial charge in [-0.05, 0) is 38.1 Å². The van der Waals surface area contributed by atoms with Gasteiger partial charge in [-0.15, -0.1) is 0 Å². The van der Waals surface area contributed by atoms with E-state index in [-0.39, 0.29) is 23.2 Å². The predicted octanol–water partition coefficient (Wildman–Crippen LogP) is 2.09. The highest BCUT2D eigenvalue weighted by Crippen LogP contribution is 2.47. The van der Waals surface area contributed by atoms with Crippen LogP contribution in [-0.2, 0) is 4.79 Å². The number of furan rings is 1. The van der Waals surface area contributed by atoms with Crippen molar-refractivity contribution >= 4 is 5.91 Å². The SMILES string of the molecule is CN(C)CC(C)(C)CNC(=O)C1CC1c1ccco1. The van der Waals surface area contributed by atoms with Gasteiger partial charge in [0.05, 0.1) is 6.26 Å². The second-order valence-corrected chi connectivity index (χ2v) is 6.58. The lowest BCUT2D eigenvalue weighted by Gasteiger charge is -2.28. The first-order valence-corrected chi connectivity index (χ1v) is 6.85. The van der Waals surface area contributed by atoms with Crippen LogP contribution in [0.1, 0.15) is 31.9 Å². The van der Waals surface area contributed by atoms with Gasteiger partial charge in [0.1, 0.15) is 5.76 Å². The van der Waals surface area contributed by atoms with Gasteiger partial charge < -0.3 is 14.6 Å². The molecule has 2 unspecified atom stereocenters. The topological polar surface area (TPSA) is 45.5 Å². The highest BCUT2D eigenvalue weighted by atomic mass is 16.3. The van der Waals surface area contributed by atoms with Crippen molar-refractivity contribution in [1.82, 2.24) is 10.2 Å². The zero-order chi connectivity index (χ0) is 14.0. The minimum absolute atomic E-state index is 0.0915. The second kappa shape index (κ2) is 5.37. The Morgan fingerprint density at radius 3 is 2.84 bits per heavy atom. The molecule has 2 atom stereocenters. The highest BCUT2D eigenvalue weighted by molar-refractivity contribution is 5.82. The molecule has 0 saturated heterocycles. The number of hydrogen-bond donors (Lipinski definition) is 1. The van der Waals surface area contributed by atoms with Crippen molar-refractivity contribution in [2.45, 2.75) is 26.2 Å². The van der Waals surface area contributed by atoms with Gasteiger partial charge in [-0.25, -0.2) is 0 Å². The van der Waals surface area contributed by atoms with Gasteiger partial charge >= 0.3 is 0 Å². The summed E-state index contributed by atoms with van der Waals surface area (Å²) in [5, 5.41) is 3.07. The van der Waals surface area contributed by atoms with E-state index in [1.54, 1.807) is 6.26 Å². The molecule has 0 spiro atoms. The molecular formula is C15H24N2O2. The van der Waals surface area contributed by atoms with Crippen LogP contribution in [0.4, 0.5) is 0 Å². The maximum atomic E-state index is 12.1. The normalized spacial score (nSPS) is 22.6. The molecule has 0 aliphatic heterocycles. The Hall–Kier alpha value is -1.29. The molecule has 1 saturated carbocycles. The van der Waals surface area contributed by atoms with Crippen LogP contribution in [-0.4, -0.2) is 38.0 Å². The molecule has 1 aliphatic rings. The quantitative estimate of drug-likeness (QED) is 0.855. The van der Waals surface area contributed by atoms with Gasteiger partial charge in [-0.3, -0.25) is 4.79 Å². The molecule has 19 heavy (non-hydrogen) atoms. The van der Waals surface area contributed by atoms with Gasteiger partial charge in [0.2, 0.25) is 5.91 Å². The van der Waals surface area contributed by atoms with Gasteiger partial charge in [0.25, 0.3) is 0 Å². The van der Waals surface area contributed by atoms with E-state index < -0.39 is 0 Å². The molecule has 4 nitrogen and oxygen atoms in total. The number of nitrogens with zero attached hydrogens (tertiary/aromatic N) is 1. The Labute approximate surface area is 115 Å². The van der Waals surface area contributed by atoms with E-state index >= 15 is 0 Å². The van der Waals surface area contributed by atoms with Crippen molar-refractivity contribution in [2.24, 2.45) is 11.3 Å². The van der Waals surface area contributed by atoms with Crippen molar-refractivity contribution in [1.29, 1.82) is 0 Å². The lowest BCUT2D eigenvalue weighted by atomic mass is 9.93. The molecule has 106 valence electrons. The maximum absolute atomic E-state index is 12.1. The lowest BCUT2D eigenvalue weighted by molar-refractivity contribution is -0.122. The predicted molar refractivity (Wildman–Crippen MR) is 74.9 cm³/mol. The van der Waals surface area contributed by atoms with Crippen LogP contribution in [0.25, 0.3) is 0 Å². The van der Waals surface area contributed by atoms with E-state index in [1.165, 1.54) is 0 Å². The fraction of sp³-hybridized carbons (Fsp3) is 0.667. The monoisotopic (exact) mass is 264 g/mol. The number of carbonyl (C=O) groups is 1. The Morgan fingerprint density at radius 1 is 1.53 bits per heavy atom. The minimum Gasteiger partial charge on any atom is -0.469 e. The third kappa shape index (κ3) is 3.83. The summed E-state index contributed by atoms with van der Waals surface area (Å²) < 4.78 is 5.35. The first-order valence-electron chi connectivity index (χ1n) is 6.85. The average Bonchev–Trinajstić information content (AvgIpc) is 2.91. The summed E-state index contributed by atoms with van der Waals surface area (Å²) in [4.78, 5) is 14.2. The molecule has 2 rings (SSSR count). The van der Waals surface area contributed by atoms with Gasteiger partial charge in [0, 0.05) is 24.9 Å². The standard InChI is InChI=1S/C15H24N2O2/c1-15(2,10-17(3)4)9-16-14(18)12-8-11(12)13-6-5-7-19-13/h5-7,11-12H,8-10H2,1-4H3,(H,16,18). The number of amides is 1. The summed E-state index contributed by atoms with van der Waals surface area (Å²) in [5.41, 5.74) is 0.0915. The van der Waals surface area contributed by atoms with Crippen molar-refractivity contribution < 1.29 is 9.21 Å². The molecular weight excluding hydrogens is 240 g/mol. The first kappa shape index (κ1) is 14.1. The van der Waals surface area contributed by atoms with Crippen LogP contribution in [0.5, 0.6) is 0 Å². The largest absolute Gasteiger partial charge is 0.469 e. The van der Waals surface area contributed by atoms with Crippen molar-refractivity contribution in [3.05, 3.63) is 24.2 Å². The van der Waals surface area contributed by atoms with Crippen molar-refractivity contribution in [3.8, 4) is 0 Å². The van der Waals surface area contributed by atoms with Crippen molar-refractivity contribution in [2.75, 3.05) is 27.2 Å². The van der Waals surface area contributed by atoms with E-state index in [9.17, 15) is 4.79 Å². The molecule has 1 amide bonds. The smallest absolute Gasteiger partial charge is 0.223 e. The summed E-state index contributed by atoms with van der Waals surface area (Å²) in [5.74, 6) is 1.48. The highest BCUT2D eigenvalue weighted by Gasteiger charge is 2.45. The van der Waals surface area contributed by atoms with Crippen LogP contribution < -0.4 is 5.32 Å². The van der Waals surface area contributed by atoms with Crippen LogP contribution in [0.15, 0.2) is 22.8 Å². The Morgan fingerprint density at radius 2 is 2.26 bits per heavy atom. The molecule has 1 fully saturated rings. The molecule has 1 aromatic heterocycles. The Bertz CT molecular complexity index is 423. The third-order valence-corrected chi connectivity index (χ3v) is 3.52. The second-order valence-electron chi connectivity index (χ2n) is 6.58. The van der Waals surface area contributed by atoms with E-state index in [0.717, 1.165) is 18.7 Å². The summed E-state index contributed by atoms with van der Waals surface area (Å²) in [7, 11) is 4.11. The van der Waals surface area contributed by atoms with Gasteiger partial charge in [-0.2, -0.15) is 0 Å². The summed E-state index contributed by atoms with van der Waals surface area (Å²) in [6.07, 6.45) is 2.58. The average molecular weight is 264 g/mol. The van der Waals surface area contributed by atoms with Crippen LogP contribution >= 0.6 is 0 Å². The first-order chi connectivity index (χ1) is 8.89. The fourth-order valence-electron chi connectivity index (χ4n) is 2.67. The van der Waals surface area contributed by atoms with E-state index in [1.807, 2.05) is 12.1 Å². The number of hydrogen-bond acceptors (Lipinski definition) is 3. The molecule has 0 radical (unpaired) electrons. The fourth-order valence-corrected chi connectivity index (χ4v) is 2.67. The lowest BCUT2D eigenvalue weighted by Crippen LogP contribution is -2.40. The molecule has 0 aromatic carbocycles. The Balaban J connectivity index is 1.77. The van der Waals surface area contributed by atoms with E-state index in [2.05, 4.69) is 38.2 Å². The number of nitrogens with one attached hydrogen (secondary N) is 1. The summed E-state index contributed by atoms with van der Waals surface area (Å²) in [6.45, 7) is 6.01. The van der Waals surface area contributed by atoms with Crippen LogP contribution in [0.3, 0.4) is 0 Å². The summed E-state index contributed by atoms with van der Waals surface area (Å²) in [6, 6.07) is 3.83. The molecule has 1 N–H and O–H groups in total. The zero-order valence-corrected chi connectivity index (χ0v) is 12.3. The molecule has 0 bridgehead atoms. The minimum atomic E-state index is 0.0915. The number of carbonyl (C=O) groups excluding carboxylic acids is 1. The molecule has 1 aliphatic carbocycles. The van der Waals surface area contributed by atoms with E-state index in [0.29, 0.717) is 6.54 Å². The summed E-state index contributed by atoms with van der Waals surface area (Å²) >= 11 is 0. The molecule has 1 heterocycles.